The summed E-state index contributed by atoms with van der Waals surface area (Å²) in [6.45, 7) is 19.3. The van der Waals surface area contributed by atoms with Crippen molar-refractivity contribution in [2.24, 2.45) is 0 Å². The summed E-state index contributed by atoms with van der Waals surface area (Å²) in [5.74, 6) is 0. The molecule has 0 radical (unpaired) electrons. The lowest BCUT2D eigenvalue weighted by Gasteiger charge is -2.42. The van der Waals surface area contributed by atoms with Crippen LogP contribution in [0.15, 0.2) is 417 Å². The van der Waals surface area contributed by atoms with E-state index < -0.39 is 16.1 Å². The van der Waals surface area contributed by atoms with E-state index in [1.165, 1.54) is 245 Å². The Labute approximate surface area is 825 Å². The van der Waals surface area contributed by atoms with E-state index in [-0.39, 0.29) is 10.8 Å². The number of fused-ring (bicyclic) bond motifs is 37. The van der Waals surface area contributed by atoms with Crippen LogP contribution in [0.3, 0.4) is 0 Å². The van der Waals surface area contributed by atoms with Crippen LogP contribution in [0.4, 0.5) is 17.1 Å². The molecular weight excluding hydrogens is 1780 g/mol. The van der Waals surface area contributed by atoms with Crippen molar-refractivity contribution in [3.05, 3.63) is 435 Å². The van der Waals surface area contributed by atoms with Gasteiger partial charge < -0.3 is 43.8 Å². The van der Waals surface area contributed by atoms with E-state index in [2.05, 4.69) is 494 Å². The third-order valence-corrected chi connectivity index (χ3v) is 39.9. The van der Waals surface area contributed by atoms with E-state index in [9.17, 15) is 0 Å². The zero-order valence-corrected chi connectivity index (χ0v) is 82.8. The smallest absolute Gasteiger partial charge is 0.137 e. The molecule has 0 bridgehead atoms. The monoisotopic (exact) mass is 1870 g/mol. The van der Waals surface area contributed by atoms with Crippen LogP contribution in [0, 0.1) is 0 Å². The SMILES string of the molecule is CC1(C)c2cc3c(cc2-n2c4ccccc4c4cccc1c42)[nH]c1ccccc13.CC1(C)c2ccccc2N(c2ccccc2)c2cc3[nH]c4ccccc4c3cc21.C[Si]1(C)c2ccccc2-c2cc3c(cc21)[nH]c1ccccc13.C[Si]1(C)c2ccccc2-c2cc3c(cc21)[nH]c1ccccc13.c1ccc2c(c1)[nH]c1cc3oc4ccccc4c3cc12.c1ccc2c(c1)[nH]c1cc3sc4ccccc4c3cc12. The van der Waals surface area contributed by atoms with E-state index >= 15 is 0 Å². The van der Waals surface area contributed by atoms with E-state index in [0.29, 0.717) is 0 Å². The molecule has 0 unspecified atom stereocenters. The van der Waals surface area contributed by atoms with Crippen molar-refractivity contribution in [2.45, 2.75) is 64.7 Å². The molecule has 0 atom stereocenters. The Morgan fingerprint density at radius 1 is 0.225 bits per heavy atom. The van der Waals surface area contributed by atoms with Gasteiger partial charge in [0, 0.05) is 190 Å². The number of furan rings is 1. The number of hydrogen-bond donors (Lipinski definition) is 6. The average molecular weight is 1880 g/mol. The standard InChI is InChI=1S/C27H20N2.C27H22N2.2C20H17NSi.C18H11NO.C18H11NS/c1-27(2)20-11-7-10-18-17-9-4-6-13-24(17)29(26(18)20)25-15-23-19(14-21(25)27)16-8-3-5-12-22(16)28-23;1-27(2)21-13-7-9-15-25(21)29(18-10-4-3-5-11-18)26-17-24-20(16-22(26)27)19-12-6-8-14-23(19)28-24;2*1-22(2)19-10-6-4-8-14(19)16-11-15-13-7-3-5-9-17(13)21-18(15)12-20(16)22;2*1-3-7-15-11(5-1)13-9-14-12-6-2-4-8-17(12)20-18(14)10-16(13)19-15/h3-15,28H,1-2H3;3-17,28H,1-2H3;2*3-12,21H,1-2H3;2*1-10,19H. The molecule has 9 aromatic heterocycles. The highest BCUT2D eigenvalue weighted by atomic mass is 32.1. The lowest BCUT2D eigenvalue weighted by molar-refractivity contribution is 0.631. The third kappa shape index (κ3) is 12.7. The molecule has 0 aliphatic carbocycles. The molecule has 9 nitrogen and oxygen atoms in total. The molecule has 678 valence electrons. The fourth-order valence-electron chi connectivity index (χ4n) is 24.6. The molecular formula is C130H98N8OSSi2. The second-order valence-electron chi connectivity index (χ2n) is 41.1. The zero-order valence-electron chi connectivity index (χ0n) is 80.0. The highest BCUT2D eigenvalue weighted by Gasteiger charge is 2.42. The summed E-state index contributed by atoms with van der Waals surface area (Å²) in [5.41, 5.74) is 35.1. The molecule has 33 rings (SSSR count). The van der Waals surface area contributed by atoms with E-state index in [0.717, 1.165) is 16.7 Å². The van der Waals surface area contributed by atoms with E-state index in [1.807, 2.05) is 23.5 Å². The number of nitrogens with zero attached hydrogens (tertiary/aromatic N) is 2. The maximum absolute atomic E-state index is 5.94. The minimum atomic E-state index is -1.57. The highest BCUT2D eigenvalue weighted by Crippen LogP contribution is 2.55. The van der Waals surface area contributed by atoms with Crippen molar-refractivity contribution in [2.75, 3.05) is 4.90 Å². The van der Waals surface area contributed by atoms with Crippen molar-refractivity contribution in [1.82, 2.24) is 34.5 Å². The van der Waals surface area contributed by atoms with Gasteiger partial charge in [0.1, 0.15) is 27.3 Å². The molecule has 0 spiro atoms. The molecule has 0 saturated heterocycles. The van der Waals surface area contributed by atoms with E-state index in [4.69, 9.17) is 4.42 Å². The first-order valence-corrected chi connectivity index (χ1v) is 56.2. The lowest BCUT2D eigenvalue weighted by atomic mass is 9.73. The maximum Gasteiger partial charge on any atom is 0.137 e. The van der Waals surface area contributed by atoms with Gasteiger partial charge in [-0.1, -0.05) is 321 Å². The van der Waals surface area contributed by atoms with Gasteiger partial charge in [-0.2, -0.15) is 0 Å². The Morgan fingerprint density at radius 2 is 0.606 bits per heavy atom. The predicted molar refractivity (Wildman–Crippen MR) is 613 cm³/mol. The first-order valence-electron chi connectivity index (χ1n) is 49.4. The number of para-hydroxylation sites is 11. The molecule has 4 aliphatic heterocycles. The van der Waals surface area contributed by atoms with Gasteiger partial charge in [0.25, 0.3) is 0 Å². The number of rotatable bonds is 1. The number of H-pyrrole nitrogens is 6. The summed E-state index contributed by atoms with van der Waals surface area (Å²) < 4.78 is 11.1. The predicted octanol–water partition coefficient (Wildman–Crippen LogP) is 33.6. The van der Waals surface area contributed by atoms with Crippen LogP contribution >= 0.6 is 11.3 Å². The average Bonchev–Trinajstić information content (AvgIpc) is 1.52. The Hall–Kier alpha value is -16.7. The van der Waals surface area contributed by atoms with Crippen molar-refractivity contribution < 1.29 is 4.42 Å². The van der Waals surface area contributed by atoms with Gasteiger partial charge in [-0.15, -0.1) is 11.3 Å². The number of benzene rings is 20. The molecule has 0 fully saturated rings. The van der Waals surface area contributed by atoms with Crippen LogP contribution in [-0.4, -0.2) is 50.6 Å². The maximum atomic E-state index is 5.94. The number of nitrogens with one attached hydrogen (secondary N) is 6. The molecule has 20 aromatic carbocycles. The molecule has 13 heterocycles. The first-order chi connectivity index (χ1) is 69.4. The molecule has 12 heteroatoms. The van der Waals surface area contributed by atoms with Crippen LogP contribution in [0.1, 0.15) is 49.9 Å². The van der Waals surface area contributed by atoms with Gasteiger partial charge >= 0.3 is 0 Å². The molecule has 29 aromatic rings. The highest BCUT2D eigenvalue weighted by molar-refractivity contribution is 7.26. The minimum absolute atomic E-state index is 0.0637. The first kappa shape index (κ1) is 83.4. The van der Waals surface area contributed by atoms with Gasteiger partial charge in [0.15, 0.2) is 0 Å². The third-order valence-electron chi connectivity index (χ3n) is 31.7. The number of hydrogen-bond acceptors (Lipinski definition) is 3. The molecule has 142 heavy (non-hydrogen) atoms. The van der Waals surface area contributed by atoms with Gasteiger partial charge in [-0.25, -0.2) is 0 Å². The second-order valence-corrected chi connectivity index (χ2v) is 50.8. The number of aromatic nitrogens is 7. The van der Waals surface area contributed by atoms with Crippen LogP contribution in [0.2, 0.25) is 26.2 Å². The lowest BCUT2D eigenvalue weighted by Crippen LogP contribution is -2.49. The summed E-state index contributed by atoms with van der Waals surface area (Å²) in [6, 6.07) is 149. The number of aromatic amines is 6. The quantitative estimate of drug-likeness (QED) is 0.0919. The van der Waals surface area contributed by atoms with Crippen LogP contribution in [0.5, 0.6) is 0 Å². The molecule has 0 amide bonds. The summed E-state index contributed by atoms with van der Waals surface area (Å²) >= 11 is 1.87. The van der Waals surface area contributed by atoms with Crippen molar-refractivity contribution in [1.29, 1.82) is 0 Å². The van der Waals surface area contributed by atoms with Crippen molar-refractivity contribution in [3.63, 3.8) is 0 Å². The Bertz CT molecular complexity index is 9800. The fourth-order valence-corrected chi connectivity index (χ4v) is 31.9. The van der Waals surface area contributed by atoms with Crippen molar-refractivity contribution >= 4 is 260 Å². The molecule has 4 aliphatic rings. The van der Waals surface area contributed by atoms with Crippen molar-refractivity contribution in [3.8, 4) is 27.9 Å². The van der Waals surface area contributed by atoms with Crippen LogP contribution < -0.4 is 25.6 Å². The largest absolute Gasteiger partial charge is 0.456 e. The molecule has 6 N–H and O–H groups in total. The summed E-state index contributed by atoms with van der Waals surface area (Å²) in [6.07, 6.45) is 0. The Morgan fingerprint density at radius 3 is 1.15 bits per heavy atom. The van der Waals surface area contributed by atoms with Crippen LogP contribution in [0.25, 0.3) is 223 Å². The Balaban J connectivity index is 0.0000000838. The molecule has 0 saturated carbocycles. The number of thiophene rings is 1. The second kappa shape index (κ2) is 31.4. The zero-order chi connectivity index (χ0) is 94.9. The van der Waals surface area contributed by atoms with Gasteiger partial charge in [-0.3, -0.25) is 0 Å². The topological polar surface area (TPSA) is 116 Å². The van der Waals surface area contributed by atoms with Gasteiger partial charge in [-0.05, 0) is 205 Å². The van der Waals surface area contributed by atoms with E-state index in [1.54, 1.807) is 20.7 Å². The normalized spacial score (nSPS) is 14.1. The van der Waals surface area contributed by atoms with Gasteiger partial charge in [0.05, 0.1) is 33.6 Å². The summed E-state index contributed by atoms with van der Waals surface area (Å²) in [5, 5.41) is 29.6. The van der Waals surface area contributed by atoms with Gasteiger partial charge in [0.2, 0.25) is 0 Å². The minimum Gasteiger partial charge on any atom is -0.456 e. The summed E-state index contributed by atoms with van der Waals surface area (Å²) in [4.78, 5) is 23.8. The number of anilines is 3. The Kier molecular flexibility index (Phi) is 18.4. The summed E-state index contributed by atoms with van der Waals surface area (Å²) in [7, 11) is -3.14. The fraction of sp³-hybridized carbons (Fsp3) is 0.0769. The van der Waals surface area contributed by atoms with Crippen LogP contribution in [-0.2, 0) is 10.8 Å².